The summed E-state index contributed by atoms with van der Waals surface area (Å²) in [5.41, 5.74) is 2.67. The minimum atomic E-state index is 0. The highest BCUT2D eigenvalue weighted by Crippen LogP contribution is 2.21. The van der Waals surface area contributed by atoms with Crippen molar-refractivity contribution in [2.24, 2.45) is 4.99 Å². The van der Waals surface area contributed by atoms with Crippen LogP contribution in [0.3, 0.4) is 0 Å². The molecule has 1 fully saturated rings. The highest BCUT2D eigenvalue weighted by atomic mass is 127. The van der Waals surface area contributed by atoms with E-state index in [1.807, 2.05) is 0 Å². The van der Waals surface area contributed by atoms with Gasteiger partial charge in [-0.2, -0.15) is 0 Å². The van der Waals surface area contributed by atoms with Crippen molar-refractivity contribution < 1.29 is 9.47 Å². The van der Waals surface area contributed by atoms with Crippen molar-refractivity contribution >= 4 is 29.9 Å². The van der Waals surface area contributed by atoms with Crippen LogP contribution in [-0.4, -0.2) is 51.5 Å². The first-order valence-corrected chi connectivity index (χ1v) is 11.7. The molecule has 176 valence electrons. The molecule has 0 amide bonds. The van der Waals surface area contributed by atoms with Crippen LogP contribution in [0.1, 0.15) is 43.2 Å². The summed E-state index contributed by atoms with van der Waals surface area (Å²) in [6.07, 6.45) is 4.33. The third-order valence-corrected chi connectivity index (χ3v) is 5.55. The second-order valence-corrected chi connectivity index (χ2v) is 7.98. The summed E-state index contributed by atoms with van der Waals surface area (Å²) in [6, 6.07) is 21.4. The maximum absolute atomic E-state index is 5.97. The van der Waals surface area contributed by atoms with Crippen molar-refractivity contribution in [2.75, 3.05) is 39.5 Å². The van der Waals surface area contributed by atoms with E-state index in [4.69, 9.17) is 14.5 Å². The third kappa shape index (κ3) is 9.88. The molecule has 3 rings (SSSR count). The molecule has 0 saturated carbocycles. The molecule has 1 heterocycles. The van der Waals surface area contributed by atoms with E-state index in [1.54, 1.807) is 0 Å². The number of rotatable bonds is 11. The van der Waals surface area contributed by atoms with Crippen LogP contribution in [0.2, 0.25) is 0 Å². The van der Waals surface area contributed by atoms with Gasteiger partial charge in [-0.15, -0.1) is 24.0 Å². The maximum atomic E-state index is 5.97. The van der Waals surface area contributed by atoms with Gasteiger partial charge in [-0.1, -0.05) is 60.7 Å². The summed E-state index contributed by atoms with van der Waals surface area (Å²) in [5.74, 6) is 1.22. The molecule has 1 atom stereocenters. The number of hydrogen-bond donors (Lipinski definition) is 2. The second kappa shape index (κ2) is 16.0. The molecule has 0 spiro atoms. The SMILES string of the molecule is CCNC(=NCC(Cc1ccccc1)c1ccccc1)NCCCOC1CCOCC1.I. The van der Waals surface area contributed by atoms with Gasteiger partial charge >= 0.3 is 0 Å². The largest absolute Gasteiger partial charge is 0.381 e. The molecular formula is C26H38IN3O2. The Morgan fingerprint density at radius 3 is 2.41 bits per heavy atom. The van der Waals surface area contributed by atoms with E-state index in [0.29, 0.717) is 12.0 Å². The monoisotopic (exact) mass is 551 g/mol. The molecule has 1 saturated heterocycles. The van der Waals surface area contributed by atoms with Crippen molar-refractivity contribution in [2.45, 2.75) is 44.6 Å². The van der Waals surface area contributed by atoms with Crippen molar-refractivity contribution in [3.8, 4) is 0 Å². The minimum Gasteiger partial charge on any atom is -0.381 e. The van der Waals surface area contributed by atoms with Crippen molar-refractivity contribution in [1.82, 2.24) is 10.6 Å². The minimum absolute atomic E-state index is 0. The van der Waals surface area contributed by atoms with Crippen LogP contribution in [0, 0.1) is 0 Å². The highest BCUT2D eigenvalue weighted by molar-refractivity contribution is 14.0. The van der Waals surface area contributed by atoms with E-state index in [2.05, 4.69) is 78.2 Å². The lowest BCUT2D eigenvalue weighted by Crippen LogP contribution is -2.38. The van der Waals surface area contributed by atoms with Gasteiger partial charge in [0.15, 0.2) is 5.96 Å². The lowest BCUT2D eigenvalue weighted by Gasteiger charge is -2.22. The normalized spacial score (nSPS) is 15.6. The van der Waals surface area contributed by atoms with Gasteiger partial charge in [-0.05, 0) is 43.7 Å². The molecule has 2 aromatic rings. The van der Waals surface area contributed by atoms with E-state index >= 15 is 0 Å². The molecule has 5 nitrogen and oxygen atoms in total. The van der Waals surface area contributed by atoms with E-state index in [9.17, 15) is 0 Å². The van der Waals surface area contributed by atoms with Crippen LogP contribution in [-0.2, 0) is 15.9 Å². The first kappa shape index (κ1) is 26.6. The fourth-order valence-corrected chi connectivity index (χ4v) is 3.83. The topological polar surface area (TPSA) is 54.9 Å². The molecule has 0 aromatic heterocycles. The number of ether oxygens (including phenoxy) is 2. The first-order chi connectivity index (χ1) is 15.3. The zero-order valence-electron chi connectivity index (χ0n) is 19.2. The summed E-state index contributed by atoms with van der Waals surface area (Å²) in [4.78, 5) is 4.91. The van der Waals surface area contributed by atoms with Gasteiger partial charge in [-0.25, -0.2) is 0 Å². The van der Waals surface area contributed by atoms with Gasteiger partial charge in [0.25, 0.3) is 0 Å². The van der Waals surface area contributed by atoms with Gasteiger partial charge in [0.1, 0.15) is 0 Å². The van der Waals surface area contributed by atoms with Crippen LogP contribution in [0.5, 0.6) is 0 Å². The predicted octanol–water partition coefficient (Wildman–Crippen LogP) is 4.77. The lowest BCUT2D eigenvalue weighted by molar-refractivity contribution is -0.0320. The molecule has 1 aliphatic rings. The number of guanidine groups is 1. The van der Waals surface area contributed by atoms with E-state index in [-0.39, 0.29) is 24.0 Å². The highest BCUT2D eigenvalue weighted by Gasteiger charge is 2.14. The van der Waals surface area contributed by atoms with Crippen LogP contribution in [0.4, 0.5) is 0 Å². The summed E-state index contributed by atoms with van der Waals surface area (Å²) in [6.45, 7) is 6.97. The Kier molecular flexibility index (Phi) is 13.3. The molecular weight excluding hydrogens is 513 g/mol. The molecule has 1 aliphatic heterocycles. The average Bonchev–Trinajstić information content (AvgIpc) is 2.83. The fraction of sp³-hybridized carbons (Fsp3) is 0.500. The predicted molar refractivity (Wildman–Crippen MR) is 143 cm³/mol. The molecule has 0 bridgehead atoms. The quantitative estimate of drug-likeness (QED) is 0.183. The Hall–Kier alpha value is -1.64. The molecule has 0 aliphatic carbocycles. The summed E-state index contributed by atoms with van der Waals surface area (Å²) < 4.78 is 11.4. The zero-order chi connectivity index (χ0) is 21.6. The average molecular weight is 552 g/mol. The smallest absolute Gasteiger partial charge is 0.191 e. The molecule has 6 heteroatoms. The van der Waals surface area contributed by atoms with Gasteiger partial charge in [0, 0.05) is 45.4 Å². The van der Waals surface area contributed by atoms with Crippen molar-refractivity contribution in [3.05, 3.63) is 71.8 Å². The van der Waals surface area contributed by atoms with Crippen molar-refractivity contribution in [1.29, 1.82) is 0 Å². The van der Waals surface area contributed by atoms with Gasteiger partial charge in [-0.3, -0.25) is 4.99 Å². The number of aliphatic imine (C=N–C) groups is 1. The molecule has 32 heavy (non-hydrogen) atoms. The Balaban J connectivity index is 0.00000363. The number of hydrogen-bond acceptors (Lipinski definition) is 3. The number of nitrogens with zero attached hydrogens (tertiary/aromatic N) is 1. The number of halogens is 1. The standard InChI is InChI=1S/C26H37N3O2.HI/c1-2-27-26(28-16-9-17-31-25-14-18-30-19-15-25)29-21-24(23-12-7-4-8-13-23)20-22-10-5-3-6-11-22;/h3-8,10-13,24-25H,2,9,14-21H2,1H3,(H2,27,28,29);1H. The van der Waals surface area contributed by atoms with Crippen LogP contribution in [0.25, 0.3) is 0 Å². The van der Waals surface area contributed by atoms with Crippen LogP contribution >= 0.6 is 24.0 Å². The first-order valence-electron chi connectivity index (χ1n) is 11.7. The summed E-state index contributed by atoms with van der Waals surface area (Å²) in [5, 5.41) is 6.84. The Bertz CT molecular complexity index is 752. The lowest BCUT2D eigenvalue weighted by atomic mass is 9.92. The number of nitrogens with one attached hydrogen (secondary N) is 2. The van der Waals surface area contributed by atoms with Crippen molar-refractivity contribution in [3.63, 3.8) is 0 Å². The molecule has 2 N–H and O–H groups in total. The Morgan fingerprint density at radius 1 is 1.03 bits per heavy atom. The van der Waals surface area contributed by atoms with Gasteiger partial charge in [0.05, 0.1) is 6.10 Å². The molecule has 0 radical (unpaired) electrons. The number of benzene rings is 2. The molecule has 1 unspecified atom stereocenters. The zero-order valence-corrected chi connectivity index (χ0v) is 21.5. The van der Waals surface area contributed by atoms with Gasteiger partial charge < -0.3 is 20.1 Å². The third-order valence-electron chi connectivity index (χ3n) is 5.55. The van der Waals surface area contributed by atoms with Gasteiger partial charge in [0.2, 0.25) is 0 Å². The van der Waals surface area contributed by atoms with E-state index in [0.717, 1.165) is 71.1 Å². The van der Waals surface area contributed by atoms with E-state index < -0.39 is 0 Å². The summed E-state index contributed by atoms with van der Waals surface area (Å²) >= 11 is 0. The summed E-state index contributed by atoms with van der Waals surface area (Å²) in [7, 11) is 0. The van der Waals surface area contributed by atoms with E-state index in [1.165, 1.54) is 11.1 Å². The van der Waals surface area contributed by atoms with Crippen LogP contribution in [0.15, 0.2) is 65.7 Å². The molecule has 2 aromatic carbocycles. The Labute approximate surface area is 210 Å². The van der Waals surface area contributed by atoms with Crippen LogP contribution < -0.4 is 10.6 Å². The maximum Gasteiger partial charge on any atom is 0.191 e. The fourth-order valence-electron chi connectivity index (χ4n) is 3.83. The second-order valence-electron chi connectivity index (χ2n) is 7.98. The Morgan fingerprint density at radius 2 is 1.72 bits per heavy atom.